The standard InChI is InChI=1S/C18H21NO2/c1-4-13(2)16-7-5-6-8-17(16)19-18(20)12-11-15-10-9-14(3)21-15/h5-13H,4H2,1-3H3,(H,19,20)/b12-11+. The van der Waals surface area contributed by atoms with E-state index in [4.69, 9.17) is 4.42 Å². The van der Waals surface area contributed by atoms with Crippen molar-refractivity contribution in [3.8, 4) is 0 Å². The third-order valence-electron chi connectivity index (χ3n) is 3.52. The van der Waals surface area contributed by atoms with Gasteiger partial charge in [-0.1, -0.05) is 32.0 Å². The van der Waals surface area contributed by atoms with E-state index in [0.29, 0.717) is 11.7 Å². The molecule has 2 rings (SSSR count). The molecular formula is C18H21NO2. The van der Waals surface area contributed by atoms with Crippen LogP contribution in [-0.2, 0) is 4.79 Å². The van der Waals surface area contributed by atoms with Crippen molar-refractivity contribution in [1.29, 1.82) is 0 Å². The van der Waals surface area contributed by atoms with Crippen molar-refractivity contribution in [2.75, 3.05) is 5.32 Å². The van der Waals surface area contributed by atoms with E-state index in [1.807, 2.05) is 37.3 Å². The molecule has 1 amide bonds. The van der Waals surface area contributed by atoms with Crippen molar-refractivity contribution < 1.29 is 9.21 Å². The molecule has 0 aliphatic rings. The van der Waals surface area contributed by atoms with Gasteiger partial charge in [0.1, 0.15) is 11.5 Å². The van der Waals surface area contributed by atoms with Crippen molar-refractivity contribution >= 4 is 17.7 Å². The maximum Gasteiger partial charge on any atom is 0.248 e. The lowest BCUT2D eigenvalue weighted by molar-refractivity contribution is -0.111. The predicted octanol–water partition coefficient (Wildman–Crippen LogP) is 4.75. The fourth-order valence-corrected chi connectivity index (χ4v) is 2.14. The van der Waals surface area contributed by atoms with Crippen LogP contribution in [0.1, 0.15) is 43.3 Å². The molecule has 110 valence electrons. The number of amides is 1. The molecule has 0 aliphatic heterocycles. The molecular weight excluding hydrogens is 262 g/mol. The number of nitrogens with one attached hydrogen (secondary N) is 1. The van der Waals surface area contributed by atoms with Crippen molar-refractivity contribution in [2.24, 2.45) is 0 Å². The summed E-state index contributed by atoms with van der Waals surface area (Å²) < 4.78 is 5.40. The molecule has 1 aromatic heterocycles. The van der Waals surface area contributed by atoms with Gasteiger partial charge in [0.2, 0.25) is 5.91 Å². The fraction of sp³-hybridized carbons (Fsp3) is 0.278. The maximum atomic E-state index is 12.0. The highest BCUT2D eigenvalue weighted by Crippen LogP contribution is 2.26. The minimum Gasteiger partial charge on any atom is -0.462 e. The maximum absolute atomic E-state index is 12.0. The molecule has 3 heteroatoms. The molecule has 1 unspecified atom stereocenters. The van der Waals surface area contributed by atoms with E-state index in [0.717, 1.165) is 23.4 Å². The second-order valence-electron chi connectivity index (χ2n) is 5.17. The zero-order valence-corrected chi connectivity index (χ0v) is 12.7. The summed E-state index contributed by atoms with van der Waals surface area (Å²) in [6.45, 7) is 6.18. The Hall–Kier alpha value is -2.29. The lowest BCUT2D eigenvalue weighted by atomic mass is 9.97. The van der Waals surface area contributed by atoms with Crippen molar-refractivity contribution in [1.82, 2.24) is 0 Å². The topological polar surface area (TPSA) is 42.2 Å². The summed E-state index contributed by atoms with van der Waals surface area (Å²) in [6, 6.07) is 11.6. The molecule has 21 heavy (non-hydrogen) atoms. The molecule has 1 N–H and O–H groups in total. The zero-order valence-electron chi connectivity index (χ0n) is 12.7. The minimum atomic E-state index is -0.153. The van der Waals surface area contributed by atoms with E-state index in [-0.39, 0.29) is 5.91 Å². The van der Waals surface area contributed by atoms with Crippen LogP contribution in [0.4, 0.5) is 5.69 Å². The number of aryl methyl sites for hydroxylation is 1. The second-order valence-corrected chi connectivity index (χ2v) is 5.17. The number of carbonyl (C=O) groups excluding carboxylic acids is 1. The molecule has 1 heterocycles. The van der Waals surface area contributed by atoms with Gasteiger partial charge in [-0.2, -0.15) is 0 Å². The van der Waals surface area contributed by atoms with Crippen LogP contribution in [0.25, 0.3) is 6.08 Å². The van der Waals surface area contributed by atoms with Gasteiger partial charge < -0.3 is 9.73 Å². The molecule has 0 fully saturated rings. The second kappa shape index (κ2) is 6.93. The minimum absolute atomic E-state index is 0.153. The Labute approximate surface area is 125 Å². The molecule has 1 atom stereocenters. The zero-order chi connectivity index (χ0) is 15.2. The number of carbonyl (C=O) groups is 1. The molecule has 3 nitrogen and oxygen atoms in total. The number of para-hydroxylation sites is 1. The van der Waals surface area contributed by atoms with E-state index in [1.54, 1.807) is 6.08 Å². The normalized spacial score (nSPS) is 12.5. The fourth-order valence-electron chi connectivity index (χ4n) is 2.14. The Morgan fingerprint density at radius 2 is 2.05 bits per heavy atom. The summed E-state index contributed by atoms with van der Waals surface area (Å²) in [7, 11) is 0. The van der Waals surface area contributed by atoms with E-state index < -0.39 is 0 Å². The average molecular weight is 283 g/mol. The van der Waals surface area contributed by atoms with E-state index in [9.17, 15) is 4.79 Å². The number of rotatable bonds is 5. The van der Waals surface area contributed by atoms with Gasteiger partial charge in [-0.25, -0.2) is 0 Å². The highest BCUT2D eigenvalue weighted by molar-refractivity contribution is 6.02. The summed E-state index contributed by atoms with van der Waals surface area (Å²) in [6.07, 6.45) is 4.20. The third kappa shape index (κ3) is 4.09. The van der Waals surface area contributed by atoms with Crippen LogP contribution < -0.4 is 5.32 Å². The van der Waals surface area contributed by atoms with Gasteiger partial charge >= 0.3 is 0 Å². The summed E-state index contributed by atoms with van der Waals surface area (Å²) in [4.78, 5) is 12.0. The largest absolute Gasteiger partial charge is 0.462 e. The highest BCUT2D eigenvalue weighted by Gasteiger charge is 2.09. The van der Waals surface area contributed by atoms with Crippen LogP contribution in [0, 0.1) is 6.92 Å². The number of hydrogen-bond donors (Lipinski definition) is 1. The van der Waals surface area contributed by atoms with Gasteiger partial charge in [0.05, 0.1) is 0 Å². The molecule has 0 spiro atoms. The number of hydrogen-bond acceptors (Lipinski definition) is 2. The molecule has 1 aromatic carbocycles. The van der Waals surface area contributed by atoms with Crippen LogP contribution in [-0.4, -0.2) is 5.91 Å². The SMILES string of the molecule is CCC(C)c1ccccc1NC(=O)/C=C/c1ccc(C)o1. The van der Waals surface area contributed by atoms with E-state index >= 15 is 0 Å². The Bertz CT molecular complexity index is 640. The van der Waals surface area contributed by atoms with Crippen LogP contribution in [0.5, 0.6) is 0 Å². The molecule has 2 aromatic rings. The Kier molecular flexibility index (Phi) is 4.99. The van der Waals surface area contributed by atoms with Gasteiger partial charge in [-0.05, 0) is 49.1 Å². The third-order valence-corrected chi connectivity index (χ3v) is 3.52. The van der Waals surface area contributed by atoms with Crippen molar-refractivity contribution in [2.45, 2.75) is 33.1 Å². The molecule has 0 saturated carbocycles. The Morgan fingerprint density at radius 3 is 2.71 bits per heavy atom. The van der Waals surface area contributed by atoms with Crippen molar-refractivity contribution in [3.05, 3.63) is 59.6 Å². The average Bonchev–Trinajstić information content (AvgIpc) is 2.90. The first-order valence-electron chi connectivity index (χ1n) is 7.24. The lowest BCUT2D eigenvalue weighted by Crippen LogP contribution is -2.10. The number of benzene rings is 1. The smallest absolute Gasteiger partial charge is 0.248 e. The molecule has 0 radical (unpaired) electrons. The van der Waals surface area contributed by atoms with Crippen LogP contribution in [0.2, 0.25) is 0 Å². The highest BCUT2D eigenvalue weighted by atomic mass is 16.3. The van der Waals surface area contributed by atoms with Crippen LogP contribution >= 0.6 is 0 Å². The van der Waals surface area contributed by atoms with Gasteiger partial charge in [0, 0.05) is 11.8 Å². The van der Waals surface area contributed by atoms with Gasteiger partial charge in [0.15, 0.2) is 0 Å². The lowest BCUT2D eigenvalue weighted by Gasteiger charge is -2.14. The summed E-state index contributed by atoms with van der Waals surface area (Å²) >= 11 is 0. The van der Waals surface area contributed by atoms with Gasteiger partial charge in [0.25, 0.3) is 0 Å². The van der Waals surface area contributed by atoms with E-state index in [1.165, 1.54) is 6.08 Å². The Balaban J connectivity index is 2.08. The summed E-state index contributed by atoms with van der Waals surface area (Å²) in [5, 5.41) is 2.94. The van der Waals surface area contributed by atoms with Gasteiger partial charge in [-0.3, -0.25) is 4.79 Å². The first-order chi connectivity index (χ1) is 10.1. The Morgan fingerprint density at radius 1 is 1.29 bits per heavy atom. The van der Waals surface area contributed by atoms with Crippen molar-refractivity contribution in [3.63, 3.8) is 0 Å². The number of anilines is 1. The molecule has 0 saturated heterocycles. The van der Waals surface area contributed by atoms with Crippen LogP contribution in [0.15, 0.2) is 46.9 Å². The first kappa shape index (κ1) is 15.1. The summed E-state index contributed by atoms with van der Waals surface area (Å²) in [5.74, 6) is 1.77. The number of furan rings is 1. The quantitative estimate of drug-likeness (QED) is 0.804. The summed E-state index contributed by atoms with van der Waals surface area (Å²) in [5.41, 5.74) is 2.03. The molecule has 0 bridgehead atoms. The monoisotopic (exact) mass is 283 g/mol. The van der Waals surface area contributed by atoms with Gasteiger partial charge in [-0.15, -0.1) is 0 Å². The first-order valence-corrected chi connectivity index (χ1v) is 7.24. The molecule has 0 aliphatic carbocycles. The van der Waals surface area contributed by atoms with Crippen LogP contribution in [0.3, 0.4) is 0 Å². The predicted molar refractivity (Wildman–Crippen MR) is 86.3 cm³/mol. The van der Waals surface area contributed by atoms with E-state index in [2.05, 4.69) is 25.2 Å².